The summed E-state index contributed by atoms with van der Waals surface area (Å²) in [5, 5.41) is 2.76. The van der Waals surface area contributed by atoms with Crippen LogP contribution in [0.3, 0.4) is 0 Å². The molecule has 3 amide bonds. The minimum Gasteiger partial charge on any atom is -0.444 e. The van der Waals surface area contributed by atoms with E-state index in [4.69, 9.17) is 4.74 Å². The summed E-state index contributed by atoms with van der Waals surface area (Å²) in [4.78, 5) is 27.3. The molecule has 1 fully saturated rings. The summed E-state index contributed by atoms with van der Waals surface area (Å²) in [6.07, 6.45) is 3.31. The SMILES string of the molecule is CC(C)(C)/C=C/NC(=O)N1CCN(C(=O)OC(C)(C)C)CC1. The van der Waals surface area contributed by atoms with E-state index in [1.54, 1.807) is 16.0 Å². The van der Waals surface area contributed by atoms with Gasteiger partial charge in [0.2, 0.25) is 0 Å². The van der Waals surface area contributed by atoms with Crippen molar-refractivity contribution in [3.05, 3.63) is 12.3 Å². The van der Waals surface area contributed by atoms with Crippen molar-refractivity contribution >= 4 is 12.1 Å². The number of urea groups is 1. The van der Waals surface area contributed by atoms with Crippen LogP contribution in [0.2, 0.25) is 0 Å². The molecule has 1 saturated heterocycles. The Kier molecular flexibility index (Phi) is 5.85. The van der Waals surface area contributed by atoms with E-state index in [0.29, 0.717) is 26.2 Å². The van der Waals surface area contributed by atoms with Gasteiger partial charge in [-0.3, -0.25) is 0 Å². The Morgan fingerprint density at radius 3 is 1.91 bits per heavy atom. The van der Waals surface area contributed by atoms with Gasteiger partial charge in [-0.05, 0) is 26.2 Å². The Morgan fingerprint density at radius 1 is 0.955 bits per heavy atom. The molecule has 1 aliphatic heterocycles. The van der Waals surface area contributed by atoms with Gasteiger partial charge < -0.3 is 19.9 Å². The van der Waals surface area contributed by atoms with Crippen LogP contribution in [0.4, 0.5) is 9.59 Å². The number of hydrogen-bond acceptors (Lipinski definition) is 3. The molecule has 0 aromatic heterocycles. The molecule has 1 rings (SSSR count). The van der Waals surface area contributed by atoms with Gasteiger partial charge in [-0.1, -0.05) is 26.8 Å². The molecule has 0 aliphatic carbocycles. The van der Waals surface area contributed by atoms with Crippen LogP contribution in [0.25, 0.3) is 0 Å². The number of nitrogens with one attached hydrogen (secondary N) is 1. The third kappa shape index (κ3) is 6.83. The lowest BCUT2D eigenvalue weighted by molar-refractivity contribution is 0.0171. The monoisotopic (exact) mass is 311 g/mol. The average molecular weight is 311 g/mol. The van der Waals surface area contributed by atoms with E-state index in [-0.39, 0.29) is 17.5 Å². The third-order valence-electron chi connectivity index (χ3n) is 3.01. The Balaban J connectivity index is 2.40. The Labute approximate surface area is 133 Å². The van der Waals surface area contributed by atoms with Gasteiger partial charge in [-0.15, -0.1) is 0 Å². The second-order valence-corrected chi connectivity index (χ2v) is 7.60. The van der Waals surface area contributed by atoms with Gasteiger partial charge in [0.15, 0.2) is 0 Å². The van der Waals surface area contributed by atoms with Crippen molar-refractivity contribution in [1.29, 1.82) is 0 Å². The molecule has 1 aliphatic rings. The Morgan fingerprint density at radius 2 is 1.45 bits per heavy atom. The van der Waals surface area contributed by atoms with Gasteiger partial charge in [0.1, 0.15) is 5.60 Å². The predicted octanol–water partition coefficient (Wildman–Crippen LogP) is 2.81. The molecule has 0 unspecified atom stereocenters. The number of allylic oxidation sites excluding steroid dienone is 1. The molecule has 1 N–H and O–H groups in total. The number of ether oxygens (including phenoxy) is 1. The van der Waals surface area contributed by atoms with Crippen molar-refractivity contribution in [3.8, 4) is 0 Å². The van der Waals surface area contributed by atoms with E-state index in [1.165, 1.54) is 0 Å². The lowest BCUT2D eigenvalue weighted by Crippen LogP contribution is -2.53. The molecule has 0 aromatic carbocycles. The number of nitrogens with zero attached hydrogens (tertiary/aromatic N) is 2. The van der Waals surface area contributed by atoms with E-state index >= 15 is 0 Å². The second-order valence-electron chi connectivity index (χ2n) is 7.60. The van der Waals surface area contributed by atoms with E-state index in [9.17, 15) is 9.59 Å². The van der Waals surface area contributed by atoms with Crippen LogP contribution in [0.5, 0.6) is 0 Å². The van der Waals surface area contributed by atoms with Crippen LogP contribution in [0.1, 0.15) is 41.5 Å². The van der Waals surface area contributed by atoms with Crippen molar-refractivity contribution in [2.45, 2.75) is 47.1 Å². The van der Waals surface area contributed by atoms with Gasteiger partial charge in [0.05, 0.1) is 0 Å². The van der Waals surface area contributed by atoms with E-state index in [1.807, 2.05) is 26.8 Å². The summed E-state index contributed by atoms with van der Waals surface area (Å²) < 4.78 is 5.33. The lowest BCUT2D eigenvalue weighted by atomic mass is 9.97. The number of hydrogen-bond donors (Lipinski definition) is 1. The Hall–Kier alpha value is -1.72. The van der Waals surface area contributed by atoms with Crippen molar-refractivity contribution < 1.29 is 14.3 Å². The highest BCUT2D eigenvalue weighted by atomic mass is 16.6. The summed E-state index contributed by atoms with van der Waals surface area (Å²) in [6.45, 7) is 13.7. The van der Waals surface area contributed by atoms with Gasteiger partial charge in [-0.2, -0.15) is 0 Å². The fourth-order valence-electron chi connectivity index (χ4n) is 1.87. The summed E-state index contributed by atoms with van der Waals surface area (Å²) in [5.41, 5.74) is -0.466. The fraction of sp³-hybridized carbons (Fsp3) is 0.750. The van der Waals surface area contributed by atoms with Crippen LogP contribution in [0, 0.1) is 5.41 Å². The first-order chi connectivity index (χ1) is 9.98. The highest BCUT2D eigenvalue weighted by Gasteiger charge is 2.27. The quantitative estimate of drug-likeness (QED) is 0.810. The first kappa shape index (κ1) is 18.3. The fourth-order valence-corrected chi connectivity index (χ4v) is 1.87. The number of carbonyl (C=O) groups is 2. The van der Waals surface area contributed by atoms with Crippen LogP contribution >= 0.6 is 0 Å². The number of piperazine rings is 1. The second kappa shape index (κ2) is 7.03. The molecule has 6 heteroatoms. The normalized spacial score (nSPS) is 16.8. The summed E-state index contributed by atoms with van der Waals surface area (Å²) in [6, 6.07) is -0.135. The van der Waals surface area contributed by atoms with Crippen LogP contribution in [0.15, 0.2) is 12.3 Å². The molecule has 0 spiro atoms. The van der Waals surface area contributed by atoms with Gasteiger partial charge in [0.25, 0.3) is 0 Å². The minimum absolute atomic E-state index is 0.0304. The zero-order chi connectivity index (χ0) is 17.0. The van der Waals surface area contributed by atoms with Crippen molar-refractivity contribution in [1.82, 2.24) is 15.1 Å². The summed E-state index contributed by atoms with van der Waals surface area (Å²) in [5.74, 6) is 0. The minimum atomic E-state index is -0.497. The van der Waals surface area contributed by atoms with Crippen LogP contribution in [-0.4, -0.2) is 53.7 Å². The summed E-state index contributed by atoms with van der Waals surface area (Å²) >= 11 is 0. The number of carbonyl (C=O) groups excluding carboxylic acids is 2. The van der Waals surface area contributed by atoms with Gasteiger partial charge in [0, 0.05) is 32.4 Å². The van der Waals surface area contributed by atoms with Gasteiger partial charge >= 0.3 is 12.1 Å². The van der Waals surface area contributed by atoms with Gasteiger partial charge in [-0.25, -0.2) is 9.59 Å². The van der Waals surface area contributed by atoms with Crippen LogP contribution in [-0.2, 0) is 4.74 Å². The van der Waals surface area contributed by atoms with E-state index < -0.39 is 5.60 Å². The summed E-state index contributed by atoms with van der Waals surface area (Å²) in [7, 11) is 0. The molecule has 0 saturated carbocycles. The van der Waals surface area contributed by atoms with Crippen molar-refractivity contribution in [2.24, 2.45) is 5.41 Å². The zero-order valence-corrected chi connectivity index (χ0v) is 14.6. The number of amides is 3. The molecule has 0 atom stereocenters. The molecule has 22 heavy (non-hydrogen) atoms. The smallest absolute Gasteiger partial charge is 0.410 e. The highest BCUT2D eigenvalue weighted by Crippen LogP contribution is 2.14. The average Bonchev–Trinajstić information content (AvgIpc) is 2.35. The molecule has 0 aromatic rings. The molecular weight excluding hydrogens is 282 g/mol. The van der Waals surface area contributed by atoms with E-state index in [0.717, 1.165) is 0 Å². The topological polar surface area (TPSA) is 61.9 Å². The van der Waals surface area contributed by atoms with Crippen molar-refractivity contribution in [2.75, 3.05) is 26.2 Å². The zero-order valence-electron chi connectivity index (χ0n) is 14.6. The van der Waals surface area contributed by atoms with E-state index in [2.05, 4.69) is 26.1 Å². The first-order valence-corrected chi connectivity index (χ1v) is 7.69. The van der Waals surface area contributed by atoms with Crippen LogP contribution < -0.4 is 5.32 Å². The maximum atomic E-state index is 12.0. The lowest BCUT2D eigenvalue weighted by Gasteiger charge is -2.35. The molecule has 126 valence electrons. The highest BCUT2D eigenvalue weighted by molar-refractivity contribution is 5.76. The third-order valence-corrected chi connectivity index (χ3v) is 3.01. The molecular formula is C16H29N3O3. The molecule has 1 heterocycles. The standard InChI is InChI=1S/C16H29N3O3/c1-15(2,3)7-8-17-13(20)18-9-11-19(12-10-18)14(21)22-16(4,5)6/h7-8H,9-12H2,1-6H3,(H,17,20)/b8-7+. The van der Waals surface area contributed by atoms with Crippen molar-refractivity contribution in [3.63, 3.8) is 0 Å². The number of rotatable bonds is 1. The molecule has 0 bridgehead atoms. The Bertz CT molecular complexity index is 425. The predicted molar refractivity (Wildman–Crippen MR) is 86.5 cm³/mol. The largest absolute Gasteiger partial charge is 0.444 e. The molecule has 0 radical (unpaired) electrons. The maximum Gasteiger partial charge on any atom is 0.410 e. The molecule has 6 nitrogen and oxygen atoms in total. The maximum absolute atomic E-state index is 12.0. The first-order valence-electron chi connectivity index (χ1n) is 7.69.